The van der Waals surface area contributed by atoms with Crippen molar-refractivity contribution in [3.05, 3.63) is 52.5 Å². The van der Waals surface area contributed by atoms with Crippen molar-refractivity contribution >= 4 is 31.9 Å². The summed E-state index contributed by atoms with van der Waals surface area (Å²) in [6, 6.07) is 11.2. The van der Waals surface area contributed by atoms with Crippen LogP contribution in [0.4, 0.5) is 0 Å². The van der Waals surface area contributed by atoms with Gasteiger partial charge in [-0.1, -0.05) is 22.0 Å². The van der Waals surface area contributed by atoms with Crippen LogP contribution in [0.15, 0.2) is 51.8 Å². The van der Waals surface area contributed by atoms with Crippen LogP contribution < -0.4 is 14.8 Å². The van der Waals surface area contributed by atoms with Crippen molar-refractivity contribution in [1.29, 1.82) is 0 Å². The molecule has 0 aromatic heterocycles. The molecule has 0 heterocycles. The molecule has 2 aromatic rings. The molecule has 0 saturated carbocycles. The fourth-order valence-electron chi connectivity index (χ4n) is 2.57. The van der Waals surface area contributed by atoms with Gasteiger partial charge in [-0.15, -0.1) is 0 Å². The molecule has 0 saturated heterocycles. The van der Waals surface area contributed by atoms with Crippen LogP contribution in [-0.2, 0) is 14.8 Å². The number of benzene rings is 2. The predicted octanol–water partition coefficient (Wildman–Crippen LogP) is 2.96. The highest BCUT2D eigenvalue weighted by Crippen LogP contribution is 2.29. The Morgan fingerprint density at radius 2 is 1.71 bits per heavy atom. The average molecular weight is 471 g/mol. The molecule has 152 valence electrons. The number of carbonyl (C=O) groups excluding carboxylic acids is 1. The third kappa shape index (κ3) is 5.24. The first-order valence-corrected chi connectivity index (χ1v) is 10.7. The van der Waals surface area contributed by atoms with Crippen molar-refractivity contribution in [3.63, 3.8) is 0 Å². The lowest BCUT2D eigenvalue weighted by Crippen LogP contribution is -2.39. The molecule has 0 bridgehead atoms. The van der Waals surface area contributed by atoms with E-state index in [2.05, 4.69) is 21.2 Å². The summed E-state index contributed by atoms with van der Waals surface area (Å²) in [5.41, 5.74) is 0.810. The lowest BCUT2D eigenvalue weighted by atomic mass is 10.1. The minimum absolute atomic E-state index is 0.124. The molecule has 0 aliphatic carbocycles. The zero-order valence-corrected chi connectivity index (χ0v) is 18.5. The Bertz CT molecular complexity index is 932. The van der Waals surface area contributed by atoms with Crippen LogP contribution in [-0.4, -0.2) is 46.4 Å². The molecule has 7 nitrogen and oxygen atoms in total. The molecule has 0 aliphatic heterocycles. The van der Waals surface area contributed by atoms with Gasteiger partial charge in [-0.05, 0) is 48.9 Å². The number of ether oxygens (including phenoxy) is 2. The van der Waals surface area contributed by atoms with Gasteiger partial charge in [-0.3, -0.25) is 4.79 Å². The number of likely N-dealkylation sites (N-methyl/N-ethyl adjacent to an activating group) is 1. The van der Waals surface area contributed by atoms with Gasteiger partial charge in [-0.2, -0.15) is 4.31 Å². The van der Waals surface area contributed by atoms with Crippen molar-refractivity contribution in [2.24, 2.45) is 0 Å². The molecule has 2 rings (SSSR count). The van der Waals surface area contributed by atoms with Gasteiger partial charge in [0.25, 0.3) is 0 Å². The van der Waals surface area contributed by atoms with E-state index in [9.17, 15) is 13.2 Å². The quantitative estimate of drug-likeness (QED) is 0.640. The number of sulfonamides is 1. The molecule has 0 aliphatic rings. The number of rotatable bonds is 8. The zero-order valence-electron chi connectivity index (χ0n) is 16.1. The second kappa shape index (κ2) is 9.40. The molecule has 2 aromatic carbocycles. The van der Waals surface area contributed by atoms with Gasteiger partial charge in [0.2, 0.25) is 15.9 Å². The lowest BCUT2D eigenvalue weighted by molar-refractivity contribution is -0.121. The van der Waals surface area contributed by atoms with Crippen molar-refractivity contribution in [2.45, 2.75) is 17.9 Å². The summed E-state index contributed by atoms with van der Waals surface area (Å²) in [5.74, 6) is 0.728. The van der Waals surface area contributed by atoms with Crippen LogP contribution in [0.3, 0.4) is 0 Å². The van der Waals surface area contributed by atoms with E-state index in [4.69, 9.17) is 9.47 Å². The van der Waals surface area contributed by atoms with Gasteiger partial charge in [0.15, 0.2) is 11.5 Å². The molecule has 0 spiro atoms. The Morgan fingerprint density at radius 1 is 1.11 bits per heavy atom. The SMILES string of the molecule is COc1ccc([C@H](C)NC(=O)CN(C)S(=O)(=O)c2ccc(Br)cc2)cc1OC. The Kier molecular flexibility index (Phi) is 7.45. The number of hydrogen-bond donors (Lipinski definition) is 1. The van der Waals surface area contributed by atoms with E-state index in [1.54, 1.807) is 31.4 Å². The smallest absolute Gasteiger partial charge is 0.243 e. The van der Waals surface area contributed by atoms with Crippen LogP contribution in [0.1, 0.15) is 18.5 Å². The van der Waals surface area contributed by atoms with E-state index in [1.165, 1.54) is 26.3 Å². The maximum Gasteiger partial charge on any atom is 0.243 e. The van der Waals surface area contributed by atoms with Crippen LogP contribution in [0.2, 0.25) is 0 Å². The number of nitrogens with zero attached hydrogens (tertiary/aromatic N) is 1. The van der Waals surface area contributed by atoms with Gasteiger partial charge in [0.05, 0.1) is 31.7 Å². The number of nitrogens with one attached hydrogen (secondary N) is 1. The first kappa shape index (κ1) is 22.2. The zero-order chi connectivity index (χ0) is 20.9. The molecule has 0 radical (unpaired) electrons. The maximum absolute atomic E-state index is 12.6. The van der Waals surface area contributed by atoms with Gasteiger partial charge < -0.3 is 14.8 Å². The molecule has 0 unspecified atom stereocenters. The first-order chi connectivity index (χ1) is 13.2. The number of amides is 1. The normalized spacial score (nSPS) is 12.5. The topological polar surface area (TPSA) is 84.9 Å². The second-order valence-electron chi connectivity index (χ2n) is 6.12. The van der Waals surface area contributed by atoms with E-state index < -0.39 is 15.9 Å². The Labute approximate surface area is 173 Å². The van der Waals surface area contributed by atoms with Crippen molar-refractivity contribution in [3.8, 4) is 11.5 Å². The summed E-state index contributed by atoms with van der Waals surface area (Å²) >= 11 is 3.27. The molecular formula is C19H23BrN2O5S. The summed E-state index contributed by atoms with van der Waals surface area (Å²) in [6.07, 6.45) is 0. The monoisotopic (exact) mass is 470 g/mol. The summed E-state index contributed by atoms with van der Waals surface area (Å²) in [4.78, 5) is 12.5. The van der Waals surface area contributed by atoms with Crippen LogP contribution in [0.25, 0.3) is 0 Å². The second-order valence-corrected chi connectivity index (χ2v) is 9.08. The highest BCUT2D eigenvalue weighted by Gasteiger charge is 2.23. The lowest BCUT2D eigenvalue weighted by Gasteiger charge is -2.20. The van der Waals surface area contributed by atoms with Crippen LogP contribution in [0.5, 0.6) is 11.5 Å². The number of carbonyl (C=O) groups is 1. The highest BCUT2D eigenvalue weighted by atomic mass is 79.9. The maximum atomic E-state index is 12.6. The van der Waals surface area contributed by atoms with Crippen LogP contribution >= 0.6 is 15.9 Å². The number of halogens is 1. The minimum atomic E-state index is -3.76. The third-order valence-electron chi connectivity index (χ3n) is 4.17. The summed E-state index contributed by atoms with van der Waals surface area (Å²) in [6.45, 7) is 1.51. The molecule has 9 heteroatoms. The molecule has 28 heavy (non-hydrogen) atoms. The Balaban J connectivity index is 2.05. The predicted molar refractivity (Wildman–Crippen MR) is 110 cm³/mol. The molecule has 1 amide bonds. The molecular weight excluding hydrogens is 448 g/mol. The van der Waals surface area contributed by atoms with Crippen molar-refractivity contribution in [2.75, 3.05) is 27.8 Å². The van der Waals surface area contributed by atoms with Crippen LogP contribution in [0, 0.1) is 0 Å². The van der Waals surface area contributed by atoms with Gasteiger partial charge >= 0.3 is 0 Å². The first-order valence-electron chi connectivity index (χ1n) is 8.42. The van der Waals surface area contributed by atoms with Crippen molar-refractivity contribution < 1.29 is 22.7 Å². The summed E-state index contributed by atoms with van der Waals surface area (Å²) < 4.78 is 37.4. The Morgan fingerprint density at radius 3 is 2.29 bits per heavy atom. The fourth-order valence-corrected chi connectivity index (χ4v) is 3.96. The number of hydrogen-bond acceptors (Lipinski definition) is 5. The van der Waals surface area contributed by atoms with Crippen molar-refractivity contribution in [1.82, 2.24) is 9.62 Å². The number of methoxy groups -OCH3 is 2. The van der Waals surface area contributed by atoms with E-state index in [0.717, 1.165) is 14.3 Å². The van der Waals surface area contributed by atoms with E-state index >= 15 is 0 Å². The summed E-state index contributed by atoms with van der Waals surface area (Å²) in [7, 11) is 0.698. The summed E-state index contributed by atoms with van der Waals surface area (Å²) in [5, 5.41) is 2.80. The van der Waals surface area contributed by atoms with E-state index in [0.29, 0.717) is 11.5 Å². The highest BCUT2D eigenvalue weighted by molar-refractivity contribution is 9.10. The molecule has 0 fully saturated rings. The molecule has 1 N–H and O–H groups in total. The average Bonchev–Trinajstić information content (AvgIpc) is 2.67. The van der Waals surface area contributed by atoms with E-state index in [1.807, 2.05) is 13.0 Å². The largest absolute Gasteiger partial charge is 0.493 e. The van der Waals surface area contributed by atoms with E-state index in [-0.39, 0.29) is 17.5 Å². The van der Waals surface area contributed by atoms with Gasteiger partial charge in [0.1, 0.15) is 0 Å². The van der Waals surface area contributed by atoms with Gasteiger partial charge in [0, 0.05) is 11.5 Å². The van der Waals surface area contributed by atoms with Gasteiger partial charge in [-0.25, -0.2) is 8.42 Å². The minimum Gasteiger partial charge on any atom is -0.493 e. The Hall–Kier alpha value is -2.10. The standard InChI is InChI=1S/C19H23BrN2O5S/c1-13(14-5-10-17(26-3)18(11-14)27-4)21-19(23)12-22(2)28(24,25)16-8-6-15(20)7-9-16/h5-11,13H,12H2,1-4H3,(H,21,23)/t13-/m0/s1. The third-order valence-corrected chi connectivity index (χ3v) is 6.52. The molecule has 1 atom stereocenters. The fraction of sp³-hybridized carbons (Fsp3) is 0.316.